The summed E-state index contributed by atoms with van der Waals surface area (Å²) in [6.07, 6.45) is 2.24. The second-order valence-corrected chi connectivity index (χ2v) is 4.98. The van der Waals surface area contributed by atoms with E-state index in [-0.39, 0.29) is 6.61 Å². The summed E-state index contributed by atoms with van der Waals surface area (Å²) in [6, 6.07) is 4.09. The molecule has 120 valence electrons. The van der Waals surface area contributed by atoms with Gasteiger partial charge in [-0.05, 0) is 25.8 Å². The topological polar surface area (TPSA) is 54.8 Å². The highest BCUT2D eigenvalue weighted by atomic mass is 16.5. The Kier molecular flexibility index (Phi) is 8.78. The van der Waals surface area contributed by atoms with Gasteiger partial charge < -0.3 is 19.5 Å². The molecule has 0 unspecified atom stereocenters. The molecule has 0 saturated heterocycles. The summed E-state index contributed by atoms with van der Waals surface area (Å²) >= 11 is 0. The van der Waals surface area contributed by atoms with E-state index < -0.39 is 0 Å². The average Bonchev–Trinajstić information content (AvgIpc) is 2.46. The van der Waals surface area contributed by atoms with Crippen LogP contribution in [0.25, 0.3) is 0 Å². The van der Waals surface area contributed by atoms with Crippen LogP contribution in [0.1, 0.15) is 32.4 Å². The molecule has 0 radical (unpaired) electrons. The number of anilines is 1. The number of hydrogen-bond acceptors (Lipinski definition) is 5. The van der Waals surface area contributed by atoms with Gasteiger partial charge in [0, 0.05) is 30.5 Å². The summed E-state index contributed by atoms with van der Waals surface area (Å²) in [5, 5.41) is 8.63. The molecule has 0 spiro atoms. The van der Waals surface area contributed by atoms with Crippen molar-refractivity contribution in [3.05, 3.63) is 17.8 Å². The highest BCUT2D eigenvalue weighted by Gasteiger charge is 2.08. The van der Waals surface area contributed by atoms with E-state index in [2.05, 4.69) is 29.8 Å². The molecule has 1 heterocycles. The van der Waals surface area contributed by atoms with Crippen LogP contribution in [0.3, 0.4) is 0 Å². The first kappa shape index (κ1) is 17.7. The van der Waals surface area contributed by atoms with Gasteiger partial charge in [0.25, 0.3) is 0 Å². The van der Waals surface area contributed by atoms with Gasteiger partial charge in [0.05, 0.1) is 19.8 Å². The highest BCUT2D eigenvalue weighted by Crippen LogP contribution is 2.21. The zero-order valence-electron chi connectivity index (χ0n) is 13.5. The maximum atomic E-state index is 8.63. The predicted octanol–water partition coefficient (Wildman–Crippen LogP) is 2.40. The van der Waals surface area contributed by atoms with Gasteiger partial charge in [-0.3, -0.25) is 0 Å². The van der Waals surface area contributed by atoms with Gasteiger partial charge in [-0.2, -0.15) is 0 Å². The lowest BCUT2D eigenvalue weighted by molar-refractivity contribution is 0.0695. The van der Waals surface area contributed by atoms with Crippen molar-refractivity contribution < 1.29 is 14.6 Å². The number of rotatable bonds is 11. The van der Waals surface area contributed by atoms with E-state index >= 15 is 0 Å². The third kappa shape index (κ3) is 6.78. The summed E-state index contributed by atoms with van der Waals surface area (Å²) in [5.41, 5.74) is 2.12. The van der Waals surface area contributed by atoms with E-state index in [1.165, 1.54) is 0 Å². The zero-order chi connectivity index (χ0) is 15.5. The first-order valence-corrected chi connectivity index (χ1v) is 7.76. The molecule has 5 heteroatoms. The zero-order valence-corrected chi connectivity index (χ0v) is 13.5. The molecule has 0 fully saturated rings. The van der Waals surface area contributed by atoms with Gasteiger partial charge in [0.15, 0.2) is 0 Å². The highest BCUT2D eigenvalue weighted by molar-refractivity contribution is 5.49. The number of pyridine rings is 1. The molecular weight excluding hydrogens is 268 g/mol. The molecule has 0 bridgehead atoms. The van der Waals surface area contributed by atoms with Gasteiger partial charge in [0.2, 0.25) is 5.88 Å². The van der Waals surface area contributed by atoms with Crippen LogP contribution in [0.15, 0.2) is 12.1 Å². The molecule has 0 atom stereocenters. The van der Waals surface area contributed by atoms with Crippen LogP contribution in [0, 0.1) is 6.92 Å². The smallest absolute Gasteiger partial charge is 0.215 e. The molecule has 0 aromatic carbocycles. The van der Waals surface area contributed by atoms with Crippen molar-refractivity contribution >= 4 is 5.69 Å². The summed E-state index contributed by atoms with van der Waals surface area (Å²) < 4.78 is 10.8. The van der Waals surface area contributed by atoms with E-state index in [9.17, 15) is 0 Å². The molecule has 0 aliphatic heterocycles. The molecule has 5 nitrogen and oxygen atoms in total. The molecule has 1 aromatic heterocycles. The third-order valence-corrected chi connectivity index (χ3v) is 2.98. The monoisotopic (exact) mass is 296 g/mol. The van der Waals surface area contributed by atoms with Gasteiger partial charge in [-0.15, -0.1) is 0 Å². The standard InChI is InChI=1S/C16H28N2O3/c1-4-6-18(7-5-2)15-12-14(3)17-16(13-15)21-11-10-20-9-8-19/h12-13,19H,4-11H2,1-3H3. The maximum Gasteiger partial charge on any atom is 0.215 e. The van der Waals surface area contributed by atoms with Crippen molar-refractivity contribution in [2.45, 2.75) is 33.6 Å². The fourth-order valence-corrected chi connectivity index (χ4v) is 2.16. The van der Waals surface area contributed by atoms with Crippen molar-refractivity contribution in [3.8, 4) is 5.88 Å². The minimum Gasteiger partial charge on any atom is -0.475 e. The van der Waals surface area contributed by atoms with Crippen LogP contribution < -0.4 is 9.64 Å². The van der Waals surface area contributed by atoms with Crippen molar-refractivity contribution in [3.63, 3.8) is 0 Å². The van der Waals surface area contributed by atoms with Gasteiger partial charge >= 0.3 is 0 Å². The predicted molar refractivity (Wildman–Crippen MR) is 85.2 cm³/mol. The second kappa shape index (κ2) is 10.4. The molecule has 0 amide bonds. The van der Waals surface area contributed by atoms with E-state index in [0.717, 1.165) is 37.3 Å². The molecule has 1 aromatic rings. The molecule has 0 aliphatic carbocycles. The van der Waals surface area contributed by atoms with E-state index in [4.69, 9.17) is 14.6 Å². The first-order chi connectivity index (χ1) is 10.2. The molecule has 21 heavy (non-hydrogen) atoms. The van der Waals surface area contributed by atoms with Crippen LogP contribution in [0.4, 0.5) is 5.69 Å². The Morgan fingerprint density at radius 2 is 1.81 bits per heavy atom. The van der Waals surface area contributed by atoms with Gasteiger partial charge in [0.1, 0.15) is 6.61 Å². The number of aliphatic hydroxyl groups excluding tert-OH is 1. The Labute approximate surface area is 127 Å². The van der Waals surface area contributed by atoms with Crippen molar-refractivity contribution in [1.82, 2.24) is 4.98 Å². The second-order valence-electron chi connectivity index (χ2n) is 4.98. The summed E-state index contributed by atoms with van der Waals surface area (Å²) in [4.78, 5) is 6.77. The molecule has 0 saturated carbocycles. The Hall–Kier alpha value is -1.33. The minimum absolute atomic E-state index is 0.0375. The normalized spacial score (nSPS) is 10.7. The van der Waals surface area contributed by atoms with Crippen LogP contribution in [0.2, 0.25) is 0 Å². The lowest BCUT2D eigenvalue weighted by Gasteiger charge is -2.24. The first-order valence-electron chi connectivity index (χ1n) is 7.76. The number of aliphatic hydroxyl groups is 1. The number of aromatic nitrogens is 1. The summed E-state index contributed by atoms with van der Waals surface area (Å²) in [6.45, 7) is 9.71. The average molecular weight is 296 g/mol. The van der Waals surface area contributed by atoms with Crippen molar-refractivity contribution in [1.29, 1.82) is 0 Å². The summed E-state index contributed by atoms with van der Waals surface area (Å²) in [7, 11) is 0. The number of hydrogen-bond donors (Lipinski definition) is 1. The minimum atomic E-state index is 0.0375. The quantitative estimate of drug-likeness (QED) is 0.636. The fraction of sp³-hybridized carbons (Fsp3) is 0.688. The Balaban J connectivity index is 2.64. The largest absolute Gasteiger partial charge is 0.475 e. The van der Waals surface area contributed by atoms with Crippen molar-refractivity contribution in [2.75, 3.05) is 44.4 Å². The Bertz CT molecular complexity index is 393. The van der Waals surface area contributed by atoms with Crippen LogP contribution >= 0.6 is 0 Å². The molecule has 1 rings (SSSR count). The molecular formula is C16H28N2O3. The third-order valence-electron chi connectivity index (χ3n) is 2.98. The Morgan fingerprint density at radius 1 is 1.10 bits per heavy atom. The SMILES string of the molecule is CCCN(CCC)c1cc(C)nc(OCCOCCO)c1. The Morgan fingerprint density at radius 3 is 2.43 bits per heavy atom. The fourth-order valence-electron chi connectivity index (χ4n) is 2.16. The van der Waals surface area contributed by atoms with Gasteiger partial charge in [-0.1, -0.05) is 13.8 Å². The van der Waals surface area contributed by atoms with E-state index in [1.807, 2.05) is 13.0 Å². The van der Waals surface area contributed by atoms with E-state index in [1.54, 1.807) is 0 Å². The van der Waals surface area contributed by atoms with Crippen LogP contribution in [-0.2, 0) is 4.74 Å². The number of nitrogens with zero attached hydrogens (tertiary/aromatic N) is 2. The summed E-state index contributed by atoms with van der Waals surface area (Å²) in [5.74, 6) is 0.634. The van der Waals surface area contributed by atoms with Gasteiger partial charge in [-0.25, -0.2) is 4.98 Å². The molecule has 1 N–H and O–H groups in total. The van der Waals surface area contributed by atoms with Crippen LogP contribution in [0.5, 0.6) is 5.88 Å². The van der Waals surface area contributed by atoms with Crippen molar-refractivity contribution in [2.24, 2.45) is 0 Å². The molecule has 0 aliphatic rings. The van der Waals surface area contributed by atoms with Crippen LogP contribution in [-0.4, -0.2) is 49.6 Å². The number of ether oxygens (including phenoxy) is 2. The number of aryl methyl sites for hydroxylation is 1. The lowest BCUT2D eigenvalue weighted by Crippen LogP contribution is -2.25. The maximum absolute atomic E-state index is 8.63. The lowest BCUT2D eigenvalue weighted by atomic mass is 10.2. The van der Waals surface area contributed by atoms with E-state index in [0.29, 0.717) is 25.7 Å².